The molecule has 0 aromatic rings. The molecule has 10 nitrogen and oxygen atoms in total. The second-order valence-electron chi connectivity index (χ2n) is 8.29. The number of hydrogen-bond acceptors (Lipinski definition) is 7. The molecule has 4 unspecified atom stereocenters. The van der Waals surface area contributed by atoms with E-state index in [2.05, 4.69) is 23.9 Å². The second kappa shape index (κ2) is 19.9. The van der Waals surface area contributed by atoms with Crippen LogP contribution in [0.15, 0.2) is 65.9 Å². The van der Waals surface area contributed by atoms with E-state index >= 15 is 0 Å². The molecule has 2 aliphatic heterocycles. The zero-order valence-corrected chi connectivity index (χ0v) is 23.7. The average molecular weight is 536 g/mol. The van der Waals surface area contributed by atoms with Crippen molar-refractivity contribution in [2.24, 2.45) is 16.5 Å². The number of quaternary nitrogens is 1. The van der Waals surface area contributed by atoms with Crippen LogP contribution in [-0.4, -0.2) is 70.8 Å². The first kappa shape index (κ1) is 37.0. The summed E-state index contributed by atoms with van der Waals surface area (Å²) in [5.41, 5.74) is 10.8. The maximum atomic E-state index is 12.1. The van der Waals surface area contributed by atoms with Gasteiger partial charge in [0.1, 0.15) is 17.8 Å². The molecule has 214 valence electrons. The number of ketones is 1. The van der Waals surface area contributed by atoms with Gasteiger partial charge in [-0.05, 0) is 39.3 Å². The monoisotopic (exact) mass is 535 g/mol. The summed E-state index contributed by atoms with van der Waals surface area (Å²) in [6.45, 7) is 14.3. The molecule has 2 aliphatic rings. The van der Waals surface area contributed by atoms with Crippen LogP contribution in [0.5, 0.6) is 0 Å². The van der Waals surface area contributed by atoms with Crippen LogP contribution >= 0.6 is 0 Å². The molecule has 1 fully saturated rings. The lowest BCUT2D eigenvalue weighted by molar-refractivity contribution is -0.830. The summed E-state index contributed by atoms with van der Waals surface area (Å²) in [6, 6.07) is -0.337. The van der Waals surface area contributed by atoms with E-state index in [0.717, 1.165) is 12.8 Å². The van der Waals surface area contributed by atoms with E-state index in [4.69, 9.17) is 15.6 Å². The van der Waals surface area contributed by atoms with Gasteiger partial charge in [0.2, 0.25) is 6.23 Å². The van der Waals surface area contributed by atoms with E-state index < -0.39 is 12.1 Å². The van der Waals surface area contributed by atoms with E-state index in [1.54, 1.807) is 39.2 Å². The van der Waals surface area contributed by atoms with Crippen molar-refractivity contribution < 1.29 is 33.8 Å². The minimum Gasteiger partial charge on any atom is -0.478 e. The van der Waals surface area contributed by atoms with Gasteiger partial charge in [-0.1, -0.05) is 51.3 Å². The maximum absolute atomic E-state index is 12.1. The number of amidine groups is 1. The second-order valence-corrected chi connectivity index (χ2v) is 8.29. The zero-order chi connectivity index (χ0) is 29.9. The largest absolute Gasteiger partial charge is 0.478 e. The van der Waals surface area contributed by atoms with E-state index in [9.17, 15) is 19.5 Å². The van der Waals surface area contributed by atoms with Crippen molar-refractivity contribution in [1.82, 2.24) is 0 Å². The van der Waals surface area contributed by atoms with Crippen molar-refractivity contribution in [3.8, 4) is 0 Å². The van der Waals surface area contributed by atoms with Gasteiger partial charge in [-0.2, -0.15) is 4.48 Å². The van der Waals surface area contributed by atoms with Crippen molar-refractivity contribution in [2.45, 2.75) is 78.2 Å². The molecule has 0 aromatic carbocycles. The van der Waals surface area contributed by atoms with Crippen molar-refractivity contribution in [1.29, 1.82) is 0 Å². The number of nitrogens with zero attached hydrogens (tertiary/aromatic N) is 2. The quantitative estimate of drug-likeness (QED) is 0.185. The highest BCUT2D eigenvalue weighted by atomic mass is 16.5. The van der Waals surface area contributed by atoms with Crippen LogP contribution in [0, 0.1) is 0 Å². The number of ether oxygens (including phenoxy) is 1. The predicted molar refractivity (Wildman–Crippen MR) is 152 cm³/mol. The molecule has 0 aromatic heterocycles. The highest BCUT2D eigenvalue weighted by Crippen LogP contribution is 2.31. The smallest absolute Gasteiger partial charge is 0.451 e. The highest BCUT2D eigenvalue weighted by molar-refractivity contribution is 5.99. The van der Waals surface area contributed by atoms with Crippen molar-refractivity contribution >= 4 is 23.6 Å². The number of carboxylic acids is 1. The fraction of sp³-hybridized carbons (Fsp3) is 0.500. The Kier molecular flexibility index (Phi) is 19.3. The number of amides is 2. The SMILES string of the molecule is C=CC(C=C)=C(/C=C\C)C(=O)O.CC.CC(O)CC(=O)CCC1CCC([N+]2(C)C=CC(N)=NC2=O)O1.CN. The van der Waals surface area contributed by atoms with Gasteiger partial charge in [0, 0.05) is 25.3 Å². The Morgan fingerprint density at radius 3 is 2.29 bits per heavy atom. The summed E-state index contributed by atoms with van der Waals surface area (Å²) >= 11 is 0. The first-order chi connectivity index (χ1) is 18.0. The average Bonchev–Trinajstić information content (AvgIpc) is 3.38. The third kappa shape index (κ3) is 12.4. The Hall–Kier alpha value is -3.18. The molecule has 6 N–H and O–H groups in total. The van der Waals surface area contributed by atoms with E-state index in [0.29, 0.717) is 18.4 Å². The first-order valence-corrected chi connectivity index (χ1v) is 12.7. The Balaban J connectivity index is 0. The molecule has 2 heterocycles. The Labute approximate surface area is 227 Å². The number of aliphatic hydroxyl groups excluding tert-OH is 1. The fourth-order valence-corrected chi connectivity index (χ4v) is 3.58. The molecule has 2 amide bonds. The van der Waals surface area contributed by atoms with Gasteiger partial charge in [0.05, 0.1) is 24.8 Å². The summed E-state index contributed by atoms with van der Waals surface area (Å²) in [5.74, 6) is -0.726. The molecule has 0 saturated carbocycles. The number of allylic oxidation sites excluding steroid dienone is 4. The van der Waals surface area contributed by atoms with Crippen LogP contribution in [0.2, 0.25) is 0 Å². The molecule has 0 spiro atoms. The number of rotatable bonds is 10. The van der Waals surface area contributed by atoms with E-state index in [-0.39, 0.29) is 46.5 Å². The van der Waals surface area contributed by atoms with Crippen molar-refractivity contribution in [3.63, 3.8) is 0 Å². The van der Waals surface area contributed by atoms with Crippen molar-refractivity contribution in [2.75, 3.05) is 14.1 Å². The topological polar surface area (TPSA) is 165 Å². The summed E-state index contributed by atoms with van der Waals surface area (Å²) in [6.07, 6.45) is 11.2. The summed E-state index contributed by atoms with van der Waals surface area (Å²) in [7, 11) is 3.25. The van der Waals surface area contributed by atoms with Crippen LogP contribution in [0.3, 0.4) is 0 Å². The summed E-state index contributed by atoms with van der Waals surface area (Å²) in [5, 5.41) is 17.9. The highest BCUT2D eigenvalue weighted by Gasteiger charge is 2.45. The van der Waals surface area contributed by atoms with Gasteiger partial charge in [-0.3, -0.25) is 4.79 Å². The molecular formula is C28H47N4O6+. The van der Waals surface area contributed by atoms with Gasteiger partial charge in [0.15, 0.2) is 0 Å². The van der Waals surface area contributed by atoms with E-state index in [1.165, 1.54) is 25.3 Å². The number of urea groups is 1. The van der Waals surface area contributed by atoms with Crippen LogP contribution in [-0.2, 0) is 14.3 Å². The number of carboxylic acid groups (broad SMARTS) is 1. The fourth-order valence-electron chi connectivity index (χ4n) is 3.58. The molecule has 0 aliphatic carbocycles. The van der Waals surface area contributed by atoms with Gasteiger partial charge in [-0.15, -0.1) is 4.99 Å². The Morgan fingerprint density at radius 1 is 1.26 bits per heavy atom. The summed E-state index contributed by atoms with van der Waals surface area (Å²) in [4.78, 5) is 38.2. The standard InChI is InChI=1S/C15H23N3O4.C10H12O2.C2H6.CH5N/c1-10(19)9-11(20)3-4-12-5-6-14(22-12)18(2)8-7-13(16)17-15(18)21;1-4-7-9(10(11)12)8(5-2)6-3;2*1-2/h7-8,10,12,14,19H,3-6,9H2,1-2H3,(H-,16,17,21);4-7H,2-3H2,1H3,(H,11,12);1-2H3;2H2,1H3/p+1/b;7-4-;;. The molecular weight excluding hydrogens is 488 g/mol. The Bertz CT molecular complexity index is 910. The number of nitrogens with two attached hydrogens (primary N) is 2. The number of carbonyl (C=O) groups is 3. The van der Waals surface area contributed by atoms with Crippen molar-refractivity contribution in [3.05, 3.63) is 60.9 Å². The minimum absolute atomic E-state index is 0.0359. The number of aliphatic hydroxyl groups is 1. The van der Waals surface area contributed by atoms with Gasteiger partial charge in [0.25, 0.3) is 0 Å². The molecule has 1 saturated heterocycles. The van der Waals surface area contributed by atoms with E-state index in [1.807, 2.05) is 13.8 Å². The number of aliphatic imine (C=N–C) groups is 1. The number of carbonyl (C=O) groups excluding carboxylic acids is 2. The third-order valence-electron chi connectivity index (χ3n) is 5.46. The lowest BCUT2D eigenvalue weighted by Crippen LogP contribution is -2.53. The summed E-state index contributed by atoms with van der Waals surface area (Å²) < 4.78 is 5.90. The number of Topliss-reactive ketones (excluding diaryl/α,β-unsaturated/α-hetero) is 1. The lowest BCUT2D eigenvalue weighted by Gasteiger charge is -2.32. The van der Waals surface area contributed by atoms with Gasteiger partial charge in [-0.25, -0.2) is 9.59 Å². The van der Waals surface area contributed by atoms with Crippen LogP contribution < -0.4 is 11.5 Å². The molecule has 10 heteroatoms. The molecule has 2 rings (SSSR count). The Morgan fingerprint density at radius 2 is 1.84 bits per heavy atom. The number of hydrogen-bond donors (Lipinski definition) is 4. The molecule has 0 radical (unpaired) electrons. The predicted octanol–water partition coefficient (Wildman–Crippen LogP) is 3.98. The normalized spacial score (nSPS) is 22.3. The lowest BCUT2D eigenvalue weighted by atomic mass is 10.1. The van der Waals surface area contributed by atoms with Gasteiger partial charge < -0.3 is 26.4 Å². The molecule has 4 atom stereocenters. The van der Waals surface area contributed by atoms with Crippen LogP contribution in [0.25, 0.3) is 0 Å². The zero-order valence-electron chi connectivity index (χ0n) is 23.7. The maximum Gasteiger partial charge on any atom is 0.451 e. The first-order valence-electron chi connectivity index (χ1n) is 12.7. The molecule has 38 heavy (non-hydrogen) atoms. The van der Waals surface area contributed by atoms with Crippen LogP contribution in [0.1, 0.15) is 59.8 Å². The number of aliphatic carboxylic acids is 1. The van der Waals surface area contributed by atoms with Gasteiger partial charge >= 0.3 is 12.0 Å². The minimum atomic E-state index is -0.970. The molecule has 0 bridgehead atoms. The third-order valence-corrected chi connectivity index (χ3v) is 5.46. The van der Waals surface area contributed by atoms with Crippen LogP contribution in [0.4, 0.5) is 4.79 Å².